The van der Waals surface area contributed by atoms with Crippen molar-refractivity contribution in [2.24, 2.45) is 0 Å². The molecule has 0 bridgehead atoms. The molecular formula is C18H15NO2. The highest BCUT2D eigenvalue weighted by atomic mass is 16.7. The first kappa shape index (κ1) is 12.2. The first-order valence-corrected chi connectivity index (χ1v) is 6.99. The molecular weight excluding hydrogens is 262 g/mol. The van der Waals surface area contributed by atoms with E-state index in [0.717, 1.165) is 28.3 Å². The molecule has 0 saturated heterocycles. The van der Waals surface area contributed by atoms with Crippen LogP contribution in [0, 0.1) is 13.8 Å². The summed E-state index contributed by atoms with van der Waals surface area (Å²) in [5, 5.41) is 1.20. The zero-order valence-corrected chi connectivity index (χ0v) is 12.0. The third-order valence-corrected chi connectivity index (χ3v) is 3.83. The zero-order valence-electron chi connectivity index (χ0n) is 12.0. The summed E-state index contributed by atoms with van der Waals surface area (Å²) in [4.78, 5) is 4.80. The van der Waals surface area contributed by atoms with Crippen molar-refractivity contribution < 1.29 is 9.47 Å². The van der Waals surface area contributed by atoms with Crippen LogP contribution in [-0.4, -0.2) is 11.8 Å². The molecule has 0 spiro atoms. The summed E-state index contributed by atoms with van der Waals surface area (Å²) in [7, 11) is 0. The van der Waals surface area contributed by atoms with E-state index in [2.05, 4.69) is 38.1 Å². The number of pyridine rings is 1. The lowest BCUT2D eigenvalue weighted by Gasteiger charge is -2.07. The Labute approximate surface area is 123 Å². The molecule has 104 valence electrons. The van der Waals surface area contributed by atoms with Crippen LogP contribution < -0.4 is 9.47 Å². The molecule has 0 fully saturated rings. The lowest BCUT2D eigenvalue weighted by molar-refractivity contribution is 0.174. The molecule has 0 radical (unpaired) electrons. The predicted octanol–water partition coefficient (Wildman–Crippen LogP) is 4.25. The monoisotopic (exact) mass is 277 g/mol. The molecule has 3 aromatic rings. The minimum absolute atomic E-state index is 0.294. The number of hydrogen-bond donors (Lipinski definition) is 0. The van der Waals surface area contributed by atoms with Crippen molar-refractivity contribution in [3.8, 4) is 22.8 Å². The van der Waals surface area contributed by atoms with E-state index in [0.29, 0.717) is 6.79 Å². The van der Waals surface area contributed by atoms with E-state index < -0.39 is 0 Å². The van der Waals surface area contributed by atoms with Gasteiger partial charge >= 0.3 is 0 Å². The molecule has 0 saturated carbocycles. The molecule has 0 amide bonds. The first-order chi connectivity index (χ1) is 10.2. The standard InChI is InChI=1S/C18H15NO2/c1-11-7-12(2)14-4-5-15(19-16(14)8-11)13-3-6-17-18(9-13)21-10-20-17/h3-9H,10H2,1-2H3. The Morgan fingerprint density at radius 1 is 0.905 bits per heavy atom. The molecule has 0 aliphatic carbocycles. The highest BCUT2D eigenvalue weighted by molar-refractivity contribution is 5.85. The van der Waals surface area contributed by atoms with Gasteiger partial charge in [-0.1, -0.05) is 12.1 Å². The van der Waals surface area contributed by atoms with Crippen LogP contribution in [0.15, 0.2) is 42.5 Å². The molecule has 1 aromatic heterocycles. The van der Waals surface area contributed by atoms with Crippen LogP contribution in [0.25, 0.3) is 22.2 Å². The number of benzene rings is 2. The topological polar surface area (TPSA) is 31.4 Å². The van der Waals surface area contributed by atoms with Gasteiger partial charge in [-0.2, -0.15) is 0 Å². The van der Waals surface area contributed by atoms with Gasteiger partial charge in [-0.15, -0.1) is 0 Å². The second kappa shape index (κ2) is 4.48. The van der Waals surface area contributed by atoms with E-state index in [4.69, 9.17) is 14.5 Å². The molecule has 0 N–H and O–H groups in total. The van der Waals surface area contributed by atoms with E-state index in [-0.39, 0.29) is 0 Å². The van der Waals surface area contributed by atoms with Gasteiger partial charge in [0.05, 0.1) is 11.2 Å². The molecule has 4 rings (SSSR count). The Morgan fingerprint density at radius 3 is 2.67 bits per heavy atom. The van der Waals surface area contributed by atoms with Crippen molar-refractivity contribution in [3.05, 3.63) is 53.6 Å². The number of rotatable bonds is 1. The van der Waals surface area contributed by atoms with Crippen LogP contribution in [0.1, 0.15) is 11.1 Å². The quantitative estimate of drug-likeness (QED) is 0.666. The highest BCUT2D eigenvalue weighted by Crippen LogP contribution is 2.35. The average Bonchev–Trinajstić information content (AvgIpc) is 2.93. The maximum atomic E-state index is 5.44. The summed E-state index contributed by atoms with van der Waals surface area (Å²) in [6.07, 6.45) is 0. The summed E-state index contributed by atoms with van der Waals surface area (Å²) in [5.41, 5.74) is 5.51. The number of aryl methyl sites for hydroxylation is 2. The van der Waals surface area contributed by atoms with Crippen molar-refractivity contribution in [2.75, 3.05) is 6.79 Å². The fourth-order valence-corrected chi connectivity index (χ4v) is 2.81. The average molecular weight is 277 g/mol. The van der Waals surface area contributed by atoms with Crippen LogP contribution in [0.5, 0.6) is 11.5 Å². The fraction of sp³-hybridized carbons (Fsp3) is 0.167. The summed E-state index contributed by atoms with van der Waals surface area (Å²) in [6.45, 7) is 4.51. The Kier molecular flexibility index (Phi) is 2.61. The Morgan fingerprint density at radius 2 is 1.76 bits per heavy atom. The minimum Gasteiger partial charge on any atom is -0.454 e. The van der Waals surface area contributed by atoms with Crippen molar-refractivity contribution in [1.82, 2.24) is 4.98 Å². The molecule has 1 aliphatic heterocycles. The summed E-state index contributed by atoms with van der Waals surface area (Å²) < 4.78 is 10.8. The van der Waals surface area contributed by atoms with Crippen molar-refractivity contribution in [1.29, 1.82) is 0 Å². The Hall–Kier alpha value is -2.55. The largest absolute Gasteiger partial charge is 0.454 e. The molecule has 0 atom stereocenters. The summed E-state index contributed by atoms with van der Waals surface area (Å²) in [5.74, 6) is 1.58. The number of aromatic nitrogens is 1. The van der Waals surface area contributed by atoms with E-state index in [1.165, 1.54) is 16.5 Å². The van der Waals surface area contributed by atoms with Crippen molar-refractivity contribution in [3.63, 3.8) is 0 Å². The zero-order chi connectivity index (χ0) is 14.4. The molecule has 1 aliphatic rings. The van der Waals surface area contributed by atoms with Gasteiger partial charge in [0.15, 0.2) is 11.5 Å². The van der Waals surface area contributed by atoms with Gasteiger partial charge in [0.25, 0.3) is 0 Å². The maximum Gasteiger partial charge on any atom is 0.231 e. The minimum atomic E-state index is 0.294. The fourth-order valence-electron chi connectivity index (χ4n) is 2.81. The Bertz CT molecular complexity index is 855. The lowest BCUT2D eigenvalue weighted by Crippen LogP contribution is -1.92. The Balaban J connectivity index is 1.87. The van der Waals surface area contributed by atoms with Gasteiger partial charge in [0, 0.05) is 10.9 Å². The van der Waals surface area contributed by atoms with E-state index in [1.807, 2.05) is 18.2 Å². The highest BCUT2D eigenvalue weighted by Gasteiger charge is 2.14. The smallest absolute Gasteiger partial charge is 0.231 e. The molecule has 3 nitrogen and oxygen atoms in total. The van der Waals surface area contributed by atoms with E-state index in [9.17, 15) is 0 Å². The van der Waals surface area contributed by atoms with Crippen LogP contribution in [0.4, 0.5) is 0 Å². The van der Waals surface area contributed by atoms with Gasteiger partial charge in [-0.05, 0) is 55.3 Å². The SMILES string of the molecule is Cc1cc(C)c2ccc(-c3ccc4c(c3)OCO4)nc2c1. The molecule has 2 aromatic carbocycles. The van der Waals surface area contributed by atoms with Crippen molar-refractivity contribution in [2.45, 2.75) is 13.8 Å². The third kappa shape index (κ3) is 2.02. The van der Waals surface area contributed by atoms with Gasteiger partial charge in [-0.3, -0.25) is 0 Å². The number of hydrogen-bond acceptors (Lipinski definition) is 3. The van der Waals surface area contributed by atoms with Gasteiger partial charge < -0.3 is 9.47 Å². The van der Waals surface area contributed by atoms with Crippen LogP contribution in [0.2, 0.25) is 0 Å². The van der Waals surface area contributed by atoms with Gasteiger partial charge in [0.2, 0.25) is 6.79 Å². The molecule has 3 heteroatoms. The number of fused-ring (bicyclic) bond motifs is 2. The normalized spacial score (nSPS) is 12.9. The molecule has 2 heterocycles. The van der Waals surface area contributed by atoms with Crippen LogP contribution in [0.3, 0.4) is 0 Å². The second-order valence-electron chi connectivity index (χ2n) is 5.41. The van der Waals surface area contributed by atoms with Crippen LogP contribution >= 0.6 is 0 Å². The molecule has 21 heavy (non-hydrogen) atoms. The summed E-state index contributed by atoms with van der Waals surface area (Å²) in [6, 6.07) is 14.4. The second-order valence-corrected chi connectivity index (χ2v) is 5.41. The number of nitrogens with zero attached hydrogens (tertiary/aromatic N) is 1. The van der Waals surface area contributed by atoms with Gasteiger partial charge in [-0.25, -0.2) is 4.98 Å². The molecule has 0 unspecified atom stereocenters. The van der Waals surface area contributed by atoms with E-state index >= 15 is 0 Å². The maximum absolute atomic E-state index is 5.44. The third-order valence-electron chi connectivity index (χ3n) is 3.83. The van der Waals surface area contributed by atoms with Crippen LogP contribution in [-0.2, 0) is 0 Å². The number of ether oxygens (including phenoxy) is 2. The van der Waals surface area contributed by atoms with E-state index in [1.54, 1.807) is 0 Å². The van der Waals surface area contributed by atoms with Gasteiger partial charge in [0.1, 0.15) is 0 Å². The van der Waals surface area contributed by atoms with Crippen molar-refractivity contribution >= 4 is 10.9 Å². The predicted molar refractivity (Wildman–Crippen MR) is 82.8 cm³/mol. The lowest BCUT2D eigenvalue weighted by atomic mass is 10.0. The summed E-state index contributed by atoms with van der Waals surface area (Å²) >= 11 is 0. The first-order valence-electron chi connectivity index (χ1n) is 6.99.